The van der Waals surface area contributed by atoms with Crippen molar-refractivity contribution < 1.29 is 18.0 Å². The van der Waals surface area contributed by atoms with Crippen molar-refractivity contribution in [2.75, 3.05) is 6.54 Å². The fraction of sp³-hybridized carbons (Fsp3) is 0.412. The second kappa shape index (κ2) is 5.26. The molecule has 0 spiro atoms. The van der Waals surface area contributed by atoms with Crippen molar-refractivity contribution in [3.05, 3.63) is 42.0 Å². The summed E-state index contributed by atoms with van der Waals surface area (Å²) in [6.45, 7) is 0.332. The van der Waals surface area contributed by atoms with E-state index in [1.54, 1.807) is 12.1 Å². The lowest BCUT2D eigenvalue weighted by atomic mass is 9.85. The van der Waals surface area contributed by atoms with Crippen LogP contribution in [0.4, 0.5) is 0 Å². The summed E-state index contributed by atoms with van der Waals surface area (Å²) in [5, 5.41) is 5.07. The summed E-state index contributed by atoms with van der Waals surface area (Å²) >= 11 is 0. The molecule has 126 valence electrons. The van der Waals surface area contributed by atoms with Crippen molar-refractivity contribution >= 4 is 21.8 Å². The van der Waals surface area contributed by atoms with Crippen LogP contribution in [-0.4, -0.2) is 31.7 Å². The average Bonchev–Trinajstić information content (AvgIpc) is 3.20. The van der Waals surface area contributed by atoms with E-state index >= 15 is 0 Å². The van der Waals surface area contributed by atoms with E-state index in [0.29, 0.717) is 13.0 Å². The van der Waals surface area contributed by atoms with Crippen LogP contribution in [0.3, 0.4) is 0 Å². The minimum atomic E-state index is -3.71. The molecule has 1 heterocycles. The van der Waals surface area contributed by atoms with Gasteiger partial charge >= 0.3 is 0 Å². The zero-order chi connectivity index (χ0) is 17.1. The number of fused-ring (bicyclic) bond motifs is 5. The molecule has 2 fully saturated rings. The molecule has 1 saturated carbocycles. The molecule has 2 bridgehead atoms. The number of benzene rings is 1. The highest BCUT2D eigenvalue weighted by molar-refractivity contribution is 7.89. The minimum Gasteiger partial charge on any atom is -0.282 e. The number of sulfonamides is 1. The molecule has 4 atom stereocenters. The lowest BCUT2D eigenvalue weighted by molar-refractivity contribution is -0.140. The van der Waals surface area contributed by atoms with E-state index in [0.717, 1.165) is 12.0 Å². The maximum atomic E-state index is 12.6. The SMILES string of the molecule is NS(=O)(=O)c1ccc(CCN2C(=O)[C@@H]3C4C=CC(C4)[C@@H]3C2=O)cc1. The Morgan fingerprint density at radius 1 is 1.00 bits per heavy atom. The van der Waals surface area contributed by atoms with E-state index in [-0.39, 0.29) is 40.4 Å². The van der Waals surface area contributed by atoms with Gasteiger partial charge in [-0.25, -0.2) is 13.6 Å². The molecular weight excluding hydrogens is 328 g/mol. The summed E-state index contributed by atoms with van der Waals surface area (Å²) in [5.74, 6) is -0.00785. The predicted octanol–water partition coefficient (Wildman–Crippen LogP) is 0.684. The Labute approximate surface area is 140 Å². The van der Waals surface area contributed by atoms with Gasteiger partial charge < -0.3 is 0 Å². The molecule has 1 aliphatic heterocycles. The monoisotopic (exact) mass is 346 g/mol. The lowest BCUT2D eigenvalue weighted by Gasteiger charge is -2.17. The van der Waals surface area contributed by atoms with Gasteiger partial charge in [-0.1, -0.05) is 24.3 Å². The molecule has 24 heavy (non-hydrogen) atoms. The largest absolute Gasteiger partial charge is 0.282 e. The first-order chi connectivity index (χ1) is 11.4. The number of primary sulfonamides is 1. The first-order valence-electron chi connectivity index (χ1n) is 8.01. The molecular formula is C17H18N2O4S. The normalized spacial score (nSPS) is 31.1. The molecule has 1 saturated heterocycles. The van der Waals surface area contributed by atoms with Gasteiger partial charge in [-0.2, -0.15) is 0 Å². The highest BCUT2D eigenvalue weighted by Crippen LogP contribution is 2.52. The second-order valence-electron chi connectivity index (χ2n) is 6.77. The summed E-state index contributed by atoms with van der Waals surface area (Å²) in [7, 11) is -3.71. The first-order valence-corrected chi connectivity index (χ1v) is 9.56. The third kappa shape index (κ3) is 2.31. The number of nitrogens with two attached hydrogens (primary N) is 1. The van der Waals surface area contributed by atoms with Crippen LogP contribution in [0.1, 0.15) is 12.0 Å². The fourth-order valence-corrected chi connectivity index (χ4v) is 4.79. The Morgan fingerprint density at radius 3 is 2.04 bits per heavy atom. The number of nitrogens with zero attached hydrogens (tertiary/aromatic N) is 1. The summed E-state index contributed by atoms with van der Waals surface area (Å²) in [5.41, 5.74) is 0.862. The van der Waals surface area contributed by atoms with Crippen molar-refractivity contribution in [1.82, 2.24) is 4.90 Å². The Morgan fingerprint density at radius 2 is 1.54 bits per heavy atom. The Bertz CT molecular complexity index is 814. The van der Waals surface area contributed by atoms with Crippen LogP contribution in [0.15, 0.2) is 41.3 Å². The number of carbonyl (C=O) groups is 2. The van der Waals surface area contributed by atoms with Gasteiger partial charge in [0.25, 0.3) is 0 Å². The molecule has 2 aliphatic carbocycles. The molecule has 3 aliphatic rings. The topological polar surface area (TPSA) is 97.5 Å². The quantitative estimate of drug-likeness (QED) is 0.640. The van der Waals surface area contributed by atoms with Crippen LogP contribution >= 0.6 is 0 Å². The Kier molecular flexibility index (Phi) is 3.40. The van der Waals surface area contributed by atoms with Crippen molar-refractivity contribution in [2.45, 2.75) is 17.7 Å². The molecule has 0 radical (unpaired) electrons. The number of amides is 2. The maximum absolute atomic E-state index is 12.6. The van der Waals surface area contributed by atoms with Gasteiger partial charge in [-0.05, 0) is 42.4 Å². The first kappa shape index (κ1) is 15.5. The molecule has 0 aromatic heterocycles. The van der Waals surface area contributed by atoms with Crippen LogP contribution < -0.4 is 5.14 Å². The third-order valence-electron chi connectivity index (χ3n) is 5.44. The van der Waals surface area contributed by atoms with Gasteiger partial charge in [0.1, 0.15) is 0 Å². The molecule has 4 rings (SSSR count). The van der Waals surface area contributed by atoms with E-state index in [2.05, 4.69) is 12.2 Å². The molecule has 2 unspecified atom stereocenters. The van der Waals surface area contributed by atoms with E-state index in [9.17, 15) is 18.0 Å². The fourth-order valence-electron chi connectivity index (χ4n) is 4.27. The minimum absolute atomic E-state index is 0.0526. The van der Waals surface area contributed by atoms with Crippen molar-refractivity contribution in [3.8, 4) is 0 Å². The zero-order valence-corrected chi connectivity index (χ0v) is 13.8. The molecule has 2 amide bonds. The maximum Gasteiger partial charge on any atom is 0.238 e. The second-order valence-corrected chi connectivity index (χ2v) is 8.33. The van der Waals surface area contributed by atoms with Gasteiger partial charge in [0.05, 0.1) is 16.7 Å². The van der Waals surface area contributed by atoms with Crippen LogP contribution in [0.25, 0.3) is 0 Å². The van der Waals surface area contributed by atoms with Gasteiger partial charge in [0, 0.05) is 6.54 Å². The highest BCUT2D eigenvalue weighted by Gasteiger charge is 2.58. The number of hydrogen-bond acceptors (Lipinski definition) is 4. The van der Waals surface area contributed by atoms with Gasteiger partial charge in [0.15, 0.2) is 0 Å². The number of imide groups is 1. The number of likely N-dealkylation sites (tertiary alicyclic amines) is 1. The predicted molar refractivity (Wildman–Crippen MR) is 86.0 cm³/mol. The van der Waals surface area contributed by atoms with Gasteiger partial charge in [-0.15, -0.1) is 0 Å². The van der Waals surface area contributed by atoms with Crippen LogP contribution in [-0.2, 0) is 26.0 Å². The molecule has 2 N–H and O–H groups in total. The number of carbonyl (C=O) groups excluding carboxylic acids is 2. The van der Waals surface area contributed by atoms with Gasteiger partial charge in [-0.3, -0.25) is 14.5 Å². The number of hydrogen-bond donors (Lipinski definition) is 1. The van der Waals surface area contributed by atoms with E-state index in [4.69, 9.17) is 5.14 Å². The lowest BCUT2D eigenvalue weighted by Crippen LogP contribution is -2.34. The van der Waals surface area contributed by atoms with Crippen LogP contribution in [0.5, 0.6) is 0 Å². The summed E-state index contributed by atoms with van der Waals surface area (Å²) < 4.78 is 22.5. The Balaban J connectivity index is 1.45. The molecule has 1 aromatic rings. The highest BCUT2D eigenvalue weighted by atomic mass is 32.2. The molecule has 6 nitrogen and oxygen atoms in total. The summed E-state index contributed by atoms with van der Waals surface area (Å²) in [6, 6.07) is 6.21. The number of allylic oxidation sites excluding steroid dienone is 2. The molecule has 1 aromatic carbocycles. The van der Waals surface area contributed by atoms with Crippen molar-refractivity contribution in [3.63, 3.8) is 0 Å². The summed E-state index contributed by atoms with van der Waals surface area (Å²) in [6.07, 6.45) is 5.58. The average molecular weight is 346 g/mol. The van der Waals surface area contributed by atoms with Gasteiger partial charge in [0.2, 0.25) is 21.8 Å². The van der Waals surface area contributed by atoms with E-state index < -0.39 is 10.0 Å². The van der Waals surface area contributed by atoms with Crippen molar-refractivity contribution in [2.24, 2.45) is 28.8 Å². The van der Waals surface area contributed by atoms with E-state index in [1.165, 1.54) is 17.0 Å². The van der Waals surface area contributed by atoms with Crippen LogP contribution in [0, 0.1) is 23.7 Å². The zero-order valence-electron chi connectivity index (χ0n) is 13.0. The molecule has 7 heteroatoms. The standard InChI is InChI=1S/C17H18N2O4S/c18-24(22,23)13-5-1-10(2-6-13)7-8-19-16(20)14-11-3-4-12(9-11)15(14)17(19)21/h1-6,11-12,14-15H,7-9H2,(H2,18,22,23)/t11?,12?,14-,15+. The van der Waals surface area contributed by atoms with Crippen LogP contribution in [0.2, 0.25) is 0 Å². The third-order valence-corrected chi connectivity index (χ3v) is 6.37. The number of rotatable bonds is 4. The summed E-state index contributed by atoms with van der Waals surface area (Å²) in [4.78, 5) is 26.6. The smallest absolute Gasteiger partial charge is 0.238 e. The Hall–Kier alpha value is -1.99. The van der Waals surface area contributed by atoms with Crippen molar-refractivity contribution in [1.29, 1.82) is 0 Å². The van der Waals surface area contributed by atoms with E-state index in [1.807, 2.05) is 0 Å².